The summed E-state index contributed by atoms with van der Waals surface area (Å²) in [5.41, 5.74) is 1.84. The highest BCUT2D eigenvalue weighted by Crippen LogP contribution is 2.43. The van der Waals surface area contributed by atoms with Crippen LogP contribution >= 0.6 is 11.6 Å². The average molecular weight is 445 g/mol. The molecular formula is C23H25ClN2O5. The van der Waals surface area contributed by atoms with Crippen LogP contribution in [0.1, 0.15) is 37.2 Å². The molecule has 1 amide bonds. The molecular weight excluding hydrogens is 420 g/mol. The third-order valence-electron chi connectivity index (χ3n) is 4.67. The molecule has 0 spiro atoms. The van der Waals surface area contributed by atoms with Crippen molar-refractivity contribution in [3.63, 3.8) is 0 Å². The van der Waals surface area contributed by atoms with Crippen molar-refractivity contribution in [3.8, 4) is 39.7 Å². The van der Waals surface area contributed by atoms with E-state index in [4.69, 9.17) is 25.6 Å². The number of phenols is 1. The third kappa shape index (κ3) is 4.94. The number of methoxy groups -OCH3 is 1. The van der Waals surface area contributed by atoms with Crippen LogP contribution < -0.4 is 14.8 Å². The van der Waals surface area contributed by atoms with Crippen molar-refractivity contribution in [2.75, 3.05) is 20.3 Å². The highest BCUT2D eigenvalue weighted by Gasteiger charge is 2.27. The largest absolute Gasteiger partial charge is 0.506 e. The summed E-state index contributed by atoms with van der Waals surface area (Å²) in [6.07, 6.45) is 1.80. The number of phenolic OH excluding ortho intramolecular Hbond substituents is 1. The second-order valence-electron chi connectivity index (χ2n) is 6.83. The average Bonchev–Trinajstić information content (AvgIpc) is 3.21. The van der Waals surface area contributed by atoms with Gasteiger partial charge in [-0.2, -0.15) is 0 Å². The van der Waals surface area contributed by atoms with Crippen LogP contribution in [-0.2, 0) is 0 Å². The molecule has 2 aromatic carbocycles. The van der Waals surface area contributed by atoms with E-state index in [1.165, 1.54) is 6.07 Å². The number of amides is 1. The molecule has 0 atom stereocenters. The Morgan fingerprint density at radius 1 is 1.23 bits per heavy atom. The monoisotopic (exact) mass is 444 g/mol. The molecule has 164 valence electrons. The fourth-order valence-corrected chi connectivity index (χ4v) is 3.23. The molecule has 0 saturated heterocycles. The fraction of sp³-hybridized carbons (Fsp3) is 0.304. The first kappa shape index (κ1) is 22.5. The predicted octanol–water partition coefficient (Wildman–Crippen LogP) is 5.30. The first-order valence-corrected chi connectivity index (χ1v) is 10.5. The highest BCUT2D eigenvalue weighted by molar-refractivity contribution is 6.32. The second-order valence-corrected chi connectivity index (χ2v) is 7.23. The maximum Gasteiger partial charge on any atom is 0.274 e. The Bertz CT molecular complexity index is 1050. The molecule has 0 fully saturated rings. The van der Waals surface area contributed by atoms with Gasteiger partial charge in [-0.05, 0) is 37.1 Å². The quantitative estimate of drug-likeness (QED) is 0.434. The van der Waals surface area contributed by atoms with E-state index in [0.29, 0.717) is 47.1 Å². The summed E-state index contributed by atoms with van der Waals surface area (Å²) in [5.74, 6) is 0.925. The van der Waals surface area contributed by atoms with Crippen molar-refractivity contribution in [2.45, 2.75) is 26.7 Å². The van der Waals surface area contributed by atoms with Gasteiger partial charge in [0, 0.05) is 12.6 Å². The van der Waals surface area contributed by atoms with Gasteiger partial charge in [0.1, 0.15) is 17.2 Å². The second kappa shape index (κ2) is 10.2. The lowest BCUT2D eigenvalue weighted by molar-refractivity contribution is 0.0947. The molecule has 3 aromatic rings. The first-order valence-electron chi connectivity index (χ1n) is 10.1. The van der Waals surface area contributed by atoms with E-state index < -0.39 is 0 Å². The minimum absolute atomic E-state index is 0.105. The number of unbranched alkanes of at least 4 members (excludes halogenated alkanes) is 1. The lowest BCUT2D eigenvalue weighted by atomic mass is 9.98. The first-order chi connectivity index (χ1) is 15.0. The topological polar surface area (TPSA) is 93.8 Å². The summed E-state index contributed by atoms with van der Waals surface area (Å²) in [4.78, 5) is 12.7. The van der Waals surface area contributed by atoms with Crippen molar-refractivity contribution < 1.29 is 23.9 Å². The van der Waals surface area contributed by atoms with Crippen LogP contribution in [0.4, 0.5) is 0 Å². The van der Waals surface area contributed by atoms with Crippen LogP contribution in [0.5, 0.6) is 17.2 Å². The molecule has 0 saturated carbocycles. The third-order valence-corrected chi connectivity index (χ3v) is 4.98. The van der Waals surface area contributed by atoms with Crippen molar-refractivity contribution >= 4 is 17.5 Å². The summed E-state index contributed by atoms with van der Waals surface area (Å²) in [5, 5.41) is 17.0. The number of hydrogen-bond donors (Lipinski definition) is 2. The van der Waals surface area contributed by atoms with Crippen LogP contribution in [0.25, 0.3) is 22.5 Å². The molecule has 0 aliphatic carbocycles. The van der Waals surface area contributed by atoms with Gasteiger partial charge in [0.2, 0.25) is 0 Å². The van der Waals surface area contributed by atoms with E-state index in [0.717, 1.165) is 12.8 Å². The van der Waals surface area contributed by atoms with Gasteiger partial charge in [0.05, 0.1) is 29.9 Å². The Morgan fingerprint density at radius 2 is 1.97 bits per heavy atom. The van der Waals surface area contributed by atoms with Crippen LogP contribution in [0, 0.1) is 0 Å². The van der Waals surface area contributed by atoms with Crippen LogP contribution in [0.15, 0.2) is 40.9 Å². The number of halogens is 1. The molecule has 0 radical (unpaired) electrons. The van der Waals surface area contributed by atoms with Gasteiger partial charge in [0.25, 0.3) is 5.91 Å². The lowest BCUT2D eigenvalue weighted by Crippen LogP contribution is -2.23. The van der Waals surface area contributed by atoms with Gasteiger partial charge in [-0.3, -0.25) is 4.79 Å². The smallest absolute Gasteiger partial charge is 0.274 e. The van der Waals surface area contributed by atoms with Crippen LogP contribution in [0.3, 0.4) is 0 Å². The molecule has 8 heteroatoms. The lowest BCUT2D eigenvalue weighted by Gasteiger charge is -2.13. The van der Waals surface area contributed by atoms with Gasteiger partial charge >= 0.3 is 0 Å². The Kier molecular flexibility index (Phi) is 7.41. The zero-order chi connectivity index (χ0) is 22.4. The molecule has 0 aliphatic heterocycles. The number of nitrogens with one attached hydrogen (secondary N) is 1. The van der Waals surface area contributed by atoms with E-state index in [2.05, 4.69) is 17.4 Å². The maximum absolute atomic E-state index is 12.7. The van der Waals surface area contributed by atoms with E-state index in [9.17, 15) is 9.90 Å². The van der Waals surface area contributed by atoms with Gasteiger partial charge in [-0.1, -0.05) is 42.2 Å². The van der Waals surface area contributed by atoms with Crippen molar-refractivity contribution in [3.05, 3.63) is 47.1 Å². The number of carbonyl (C=O) groups is 1. The minimum atomic E-state index is -0.360. The van der Waals surface area contributed by atoms with Gasteiger partial charge in [-0.15, -0.1) is 0 Å². The molecule has 3 rings (SSSR count). The molecule has 0 bridgehead atoms. The normalized spacial score (nSPS) is 10.7. The van der Waals surface area contributed by atoms with Crippen molar-refractivity contribution in [1.82, 2.24) is 10.5 Å². The molecule has 1 aromatic heterocycles. The fourth-order valence-electron chi connectivity index (χ4n) is 3.06. The van der Waals surface area contributed by atoms with E-state index in [-0.39, 0.29) is 22.4 Å². The SMILES string of the molecule is CCCCOc1cc(O)c(Cl)cc1-c1onc(C(=O)NCC)c1-c1ccc(OC)cc1. The predicted molar refractivity (Wildman–Crippen MR) is 119 cm³/mol. The van der Waals surface area contributed by atoms with E-state index in [1.807, 2.05) is 19.1 Å². The molecule has 31 heavy (non-hydrogen) atoms. The molecule has 0 unspecified atom stereocenters. The standard InChI is InChI=1S/C23H25ClN2O5/c1-4-6-11-30-19-13-18(27)17(24)12-16(19)22-20(14-7-9-15(29-3)10-8-14)21(26-31-22)23(28)25-5-2/h7-10,12-13,27H,4-6,11H2,1-3H3,(H,25,28). The Balaban J connectivity index is 2.19. The van der Waals surface area contributed by atoms with Crippen LogP contribution in [0.2, 0.25) is 5.02 Å². The number of nitrogens with zero attached hydrogens (tertiary/aromatic N) is 1. The Labute approximate surface area is 185 Å². The Hall–Kier alpha value is -3.19. The van der Waals surface area contributed by atoms with E-state index >= 15 is 0 Å². The number of aromatic hydroxyl groups is 1. The maximum atomic E-state index is 12.7. The van der Waals surface area contributed by atoms with Gasteiger partial charge in [0.15, 0.2) is 11.5 Å². The number of aromatic nitrogens is 1. The summed E-state index contributed by atoms with van der Waals surface area (Å²) in [7, 11) is 1.58. The molecule has 2 N–H and O–H groups in total. The van der Waals surface area contributed by atoms with Gasteiger partial charge in [-0.25, -0.2) is 0 Å². The van der Waals surface area contributed by atoms with E-state index in [1.54, 1.807) is 25.3 Å². The Morgan fingerprint density at radius 3 is 2.61 bits per heavy atom. The summed E-state index contributed by atoms with van der Waals surface area (Å²) in [6, 6.07) is 10.2. The minimum Gasteiger partial charge on any atom is -0.506 e. The summed E-state index contributed by atoms with van der Waals surface area (Å²) < 4.78 is 16.8. The number of benzene rings is 2. The van der Waals surface area contributed by atoms with Crippen molar-refractivity contribution in [1.29, 1.82) is 0 Å². The number of carbonyl (C=O) groups excluding carboxylic acids is 1. The molecule has 7 nitrogen and oxygen atoms in total. The number of hydrogen-bond acceptors (Lipinski definition) is 6. The summed E-state index contributed by atoms with van der Waals surface area (Å²) in [6.45, 7) is 4.78. The zero-order valence-corrected chi connectivity index (χ0v) is 18.5. The van der Waals surface area contributed by atoms with Crippen LogP contribution in [-0.4, -0.2) is 36.4 Å². The van der Waals surface area contributed by atoms with Crippen molar-refractivity contribution in [2.24, 2.45) is 0 Å². The summed E-state index contributed by atoms with van der Waals surface area (Å²) >= 11 is 6.19. The number of ether oxygens (including phenoxy) is 2. The number of rotatable bonds is 9. The molecule has 1 heterocycles. The molecule has 0 aliphatic rings. The zero-order valence-electron chi connectivity index (χ0n) is 17.7. The van der Waals surface area contributed by atoms with Gasteiger partial charge < -0.3 is 24.4 Å². The highest BCUT2D eigenvalue weighted by atomic mass is 35.5.